The van der Waals surface area contributed by atoms with Gasteiger partial charge >= 0.3 is 12.0 Å². The van der Waals surface area contributed by atoms with Crippen molar-refractivity contribution in [2.45, 2.75) is 29.4 Å². The number of ether oxygens (including phenoxy) is 1. The van der Waals surface area contributed by atoms with Gasteiger partial charge in [0.15, 0.2) is 4.34 Å². The molecule has 0 amide bonds. The van der Waals surface area contributed by atoms with Gasteiger partial charge in [-0.15, -0.1) is 11.3 Å². The first-order valence-electron chi connectivity index (χ1n) is 8.41. The molecule has 0 radical (unpaired) electrons. The summed E-state index contributed by atoms with van der Waals surface area (Å²) in [5, 5.41) is 11.8. The molecule has 6 nitrogen and oxygen atoms in total. The molecule has 28 heavy (non-hydrogen) atoms. The molecule has 146 valence electrons. The summed E-state index contributed by atoms with van der Waals surface area (Å²) in [7, 11) is 0. The first-order valence-corrected chi connectivity index (χ1v) is 10.5. The van der Waals surface area contributed by atoms with E-state index in [4.69, 9.17) is 16.3 Å². The number of carboxylic acids is 1. The predicted molar refractivity (Wildman–Crippen MR) is 111 cm³/mol. The molecule has 0 aliphatic heterocycles. The van der Waals surface area contributed by atoms with E-state index in [2.05, 4.69) is 15.0 Å². The number of aliphatic carboxylic acids is 1. The minimum atomic E-state index is -0.913. The van der Waals surface area contributed by atoms with Gasteiger partial charge in [0.25, 0.3) is 0 Å². The van der Waals surface area contributed by atoms with E-state index < -0.39 is 10.7 Å². The Bertz CT molecular complexity index is 961. The van der Waals surface area contributed by atoms with E-state index in [1.165, 1.54) is 23.1 Å². The van der Waals surface area contributed by atoms with Gasteiger partial charge in [0.2, 0.25) is 0 Å². The second-order valence-electron chi connectivity index (χ2n) is 6.39. The highest BCUT2D eigenvalue weighted by Gasteiger charge is 2.29. The van der Waals surface area contributed by atoms with Crippen molar-refractivity contribution < 1.29 is 14.6 Å². The van der Waals surface area contributed by atoms with E-state index in [1.54, 1.807) is 26.2 Å². The number of hydrogen-bond acceptors (Lipinski definition) is 7. The highest BCUT2D eigenvalue weighted by molar-refractivity contribution is 8.02. The summed E-state index contributed by atoms with van der Waals surface area (Å²) in [6.07, 6.45) is 3.98. The maximum absolute atomic E-state index is 11.2. The third kappa shape index (κ3) is 5.43. The van der Waals surface area contributed by atoms with Crippen molar-refractivity contribution in [2.75, 3.05) is 6.61 Å². The van der Waals surface area contributed by atoms with Crippen molar-refractivity contribution in [1.29, 1.82) is 0 Å². The summed E-state index contributed by atoms with van der Waals surface area (Å²) in [6, 6.07) is 7.77. The van der Waals surface area contributed by atoms with Gasteiger partial charge in [-0.2, -0.15) is 0 Å². The van der Waals surface area contributed by atoms with E-state index in [9.17, 15) is 9.90 Å². The molecule has 0 fully saturated rings. The van der Waals surface area contributed by atoms with Crippen LogP contribution in [0.25, 0.3) is 11.1 Å². The SMILES string of the molecule is CC(C)(Sc1nc(CCOc2ncc(-c3cccc(Cl)c3)cn2)cs1)C(=O)O. The Kier molecular flexibility index (Phi) is 6.53. The third-order valence-electron chi connectivity index (χ3n) is 3.76. The average molecular weight is 436 g/mol. The van der Waals surface area contributed by atoms with Gasteiger partial charge in [-0.1, -0.05) is 35.5 Å². The topological polar surface area (TPSA) is 85.2 Å². The van der Waals surface area contributed by atoms with E-state index in [0.29, 0.717) is 24.1 Å². The Balaban J connectivity index is 1.52. The maximum atomic E-state index is 11.2. The van der Waals surface area contributed by atoms with Crippen molar-refractivity contribution in [2.24, 2.45) is 0 Å². The van der Waals surface area contributed by atoms with Crippen LogP contribution in [0.1, 0.15) is 19.5 Å². The number of hydrogen-bond donors (Lipinski definition) is 1. The Morgan fingerprint density at radius 2 is 2.04 bits per heavy atom. The van der Waals surface area contributed by atoms with Crippen LogP contribution >= 0.6 is 34.7 Å². The van der Waals surface area contributed by atoms with Crippen LogP contribution in [-0.4, -0.2) is 37.4 Å². The van der Waals surface area contributed by atoms with E-state index in [-0.39, 0.29) is 0 Å². The normalized spacial score (nSPS) is 11.4. The lowest BCUT2D eigenvalue weighted by Crippen LogP contribution is -2.26. The number of carbonyl (C=O) groups is 1. The molecule has 1 aromatic carbocycles. The second kappa shape index (κ2) is 8.89. The van der Waals surface area contributed by atoms with Crippen molar-refractivity contribution in [3.05, 3.63) is 52.8 Å². The fourth-order valence-corrected chi connectivity index (χ4v) is 4.58. The van der Waals surface area contributed by atoms with Gasteiger partial charge in [-0.25, -0.2) is 15.0 Å². The van der Waals surface area contributed by atoms with Crippen LogP contribution in [0.5, 0.6) is 6.01 Å². The second-order valence-corrected chi connectivity index (χ2v) is 9.55. The van der Waals surface area contributed by atoms with Crippen molar-refractivity contribution in [1.82, 2.24) is 15.0 Å². The number of nitrogens with zero attached hydrogens (tertiary/aromatic N) is 3. The molecule has 0 saturated carbocycles. The molecule has 0 atom stereocenters. The molecular weight excluding hydrogens is 418 g/mol. The van der Waals surface area contributed by atoms with Crippen LogP contribution in [0.2, 0.25) is 5.02 Å². The Labute approximate surface area is 176 Å². The molecule has 0 aliphatic rings. The van der Waals surface area contributed by atoms with Gasteiger partial charge in [-0.05, 0) is 31.5 Å². The van der Waals surface area contributed by atoms with Gasteiger partial charge < -0.3 is 9.84 Å². The number of rotatable bonds is 8. The Morgan fingerprint density at radius 3 is 2.71 bits per heavy atom. The first kappa shape index (κ1) is 20.6. The van der Waals surface area contributed by atoms with Crippen LogP contribution in [0.3, 0.4) is 0 Å². The maximum Gasteiger partial charge on any atom is 0.319 e. The van der Waals surface area contributed by atoms with Gasteiger partial charge in [0.1, 0.15) is 4.75 Å². The molecule has 3 rings (SSSR count). The number of halogens is 1. The number of thioether (sulfide) groups is 1. The third-order valence-corrected chi connectivity index (χ3v) is 6.17. The molecule has 1 N–H and O–H groups in total. The highest BCUT2D eigenvalue weighted by Crippen LogP contribution is 2.34. The number of aromatic nitrogens is 3. The van der Waals surface area contributed by atoms with Crippen molar-refractivity contribution >= 4 is 40.7 Å². The molecule has 9 heteroatoms. The highest BCUT2D eigenvalue weighted by atomic mass is 35.5. The fourth-order valence-electron chi connectivity index (χ4n) is 2.17. The largest absolute Gasteiger partial charge is 0.480 e. The first-order chi connectivity index (χ1) is 13.3. The molecule has 0 aliphatic carbocycles. The lowest BCUT2D eigenvalue weighted by Gasteiger charge is -2.15. The molecular formula is C19H18ClN3O3S2. The number of thiazole rings is 1. The lowest BCUT2D eigenvalue weighted by molar-refractivity contribution is -0.138. The zero-order valence-electron chi connectivity index (χ0n) is 15.3. The summed E-state index contributed by atoms with van der Waals surface area (Å²) in [5.74, 6) is -0.865. The van der Waals surface area contributed by atoms with Crippen LogP contribution in [0.4, 0.5) is 0 Å². The van der Waals surface area contributed by atoms with E-state index in [0.717, 1.165) is 21.2 Å². The molecule has 2 aromatic heterocycles. The number of carboxylic acid groups (broad SMARTS) is 1. The zero-order valence-corrected chi connectivity index (χ0v) is 17.6. The minimum absolute atomic E-state index is 0.294. The predicted octanol–water partition coefficient (Wildman–Crippen LogP) is 4.83. The Hall–Kier alpha value is -2.16. The molecule has 2 heterocycles. The minimum Gasteiger partial charge on any atom is -0.480 e. The number of benzene rings is 1. The average Bonchev–Trinajstić information content (AvgIpc) is 3.09. The van der Waals surface area contributed by atoms with Gasteiger partial charge in [0, 0.05) is 34.8 Å². The van der Waals surface area contributed by atoms with Gasteiger partial charge in [-0.3, -0.25) is 4.79 Å². The summed E-state index contributed by atoms with van der Waals surface area (Å²) in [5.41, 5.74) is 2.65. The standard InChI is InChI=1S/C19H18ClN3O3S2/c1-19(2,16(24)25)28-18-23-15(11-27-18)6-7-26-17-21-9-13(10-22-17)12-4-3-5-14(20)8-12/h3-5,8-11H,6-7H2,1-2H3,(H,24,25). The van der Waals surface area contributed by atoms with E-state index >= 15 is 0 Å². The van der Waals surface area contributed by atoms with Crippen molar-refractivity contribution in [3.63, 3.8) is 0 Å². The fraction of sp³-hybridized carbons (Fsp3) is 0.263. The van der Waals surface area contributed by atoms with Crippen LogP contribution < -0.4 is 4.74 Å². The summed E-state index contributed by atoms with van der Waals surface area (Å²) in [4.78, 5) is 24.1. The smallest absolute Gasteiger partial charge is 0.319 e. The van der Waals surface area contributed by atoms with Crippen molar-refractivity contribution in [3.8, 4) is 17.1 Å². The monoisotopic (exact) mass is 435 g/mol. The quantitative estimate of drug-likeness (QED) is 0.507. The van der Waals surface area contributed by atoms with Crippen LogP contribution in [0.15, 0.2) is 46.4 Å². The van der Waals surface area contributed by atoms with Crippen LogP contribution in [0, 0.1) is 0 Å². The summed E-state index contributed by atoms with van der Waals surface area (Å²) < 4.78 is 5.40. The van der Waals surface area contributed by atoms with Gasteiger partial charge in [0.05, 0.1) is 12.3 Å². The molecule has 0 saturated heterocycles. The zero-order chi connectivity index (χ0) is 20.1. The van der Waals surface area contributed by atoms with Crippen LogP contribution in [-0.2, 0) is 11.2 Å². The molecule has 0 bridgehead atoms. The molecule has 0 unspecified atom stereocenters. The lowest BCUT2D eigenvalue weighted by atomic mass is 10.1. The van der Waals surface area contributed by atoms with E-state index in [1.807, 2.05) is 29.6 Å². The summed E-state index contributed by atoms with van der Waals surface area (Å²) >= 11 is 8.67. The molecule has 3 aromatic rings. The molecule has 0 spiro atoms. The summed E-state index contributed by atoms with van der Waals surface area (Å²) in [6.45, 7) is 3.70. The Morgan fingerprint density at radius 1 is 1.29 bits per heavy atom.